The van der Waals surface area contributed by atoms with Crippen molar-refractivity contribution in [3.05, 3.63) is 59.7 Å². The predicted molar refractivity (Wildman–Crippen MR) is 151 cm³/mol. The molecule has 0 aromatic heterocycles. The number of carboxylic acids is 2. The first kappa shape index (κ1) is 33.1. The molecule has 0 heterocycles. The SMILES string of the molecule is CCCCC(NCc1ccc(-c2ccccc2C(=O)O)cc1)C(=O)C(CC(=O)O)NC(=O)C(CC(C)C)C(=O)NO. The lowest BCUT2D eigenvalue weighted by Gasteiger charge is -2.25. The topological polar surface area (TPSA) is 182 Å². The van der Waals surface area contributed by atoms with Crippen LogP contribution in [0.25, 0.3) is 11.1 Å². The molecule has 0 saturated heterocycles. The number of carboxylic acid groups (broad SMARTS) is 2. The molecule has 41 heavy (non-hydrogen) atoms. The Labute approximate surface area is 239 Å². The van der Waals surface area contributed by atoms with Gasteiger partial charge in [-0.2, -0.15) is 0 Å². The van der Waals surface area contributed by atoms with E-state index in [2.05, 4.69) is 10.6 Å². The van der Waals surface area contributed by atoms with Gasteiger partial charge in [0.2, 0.25) is 5.91 Å². The zero-order valence-electron chi connectivity index (χ0n) is 23.6. The van der Waals surface area contributed by atoms with Crippen LogP contribution in [-0.2, 0) is 25.7 Å². The van der Waals surface area contributed by atoms with E-state index >= 15 is 0 Å². The fraction of sp³-hybridized carbons (Fsp3) is 0.433. The van der Waals surface area contributed by atoms with Gasteiger partial charge in [-0.05, 0) is 41.5 Å². The summed E-state index contributed by atoms with van der Waals surface area (Å²) in [4.78, 5) is 61.7. The summed E-state index contributed by atoms with van der Waals surface area (Å²) in [5.41, 5.74) is 3.76. The second-order valence-corrected chi connectivity index (χ2v) is 10.3. The van der Waals surface area contributed by atoms with Gasteiger partial charge in [0.05, 0.1) is 24.1 Å². The summed E-state index contributed by atoms with van der Waals surface area (Å²) in [7, 11) is 0. The van der Waals surface area contributed by atoms with Crippen molar-refractivity contribution in [3.63, 3.8) is 0 Å². The number of hydrogen-bond donors (Lipinski definition) is 6. The average molecular weight is 570 g/mol. The molecule has 222 valence electrons. The summed E-state index contributed by atoms with van der Waals surface area (Å²) in [6.45, 7) is 5.79. The average Bonchev–Trinajstić information content (AvgIpc) is 2.94. The number of carbonyl (C=O) groups is 5. The standard InChI is InChI=1S/C30H39N3O8/c1-4-5-10-24(27(36)25(16-26(34)35)32-28(37)23(15-18(2)3)29(38)33-41)31-17-19-11-13-20(14-12-19)21-8-6-7-9-22(21)30(39)40/h6-9,11-14,18,23-25,31,41H,4-5,10,15-17H2,1-3H3,(H,32,37)(H,33,38)(H,34,35)(H,39,40). The summed E-state index contributed by atoms with van der Waals surface area (Å²) in [6, 6.07) is 11.7. The second-order valence-electron chi connectivity index (χ2n) is 10.3. The van der Waals surface area contributed by atoms with E-state index in [0.717, 1.165) is 17.5 Å². The number of rotatable bonds is 17. The quantitative estimate of drug-likeness (QED) is 0.0945. The fourth-order valence-corrected chi connectivity index (χ4v) is 4.51. The number of hydroxylamine groups is 1. The molecule has 2 amide bonds. The fourth-order valence-electron chi connectivity index (χ4n) is 4.51. The van der Waals surface area contributed by atoms with Crippen LogP contribution >= 0.6 is 0 Å². The zero-order chi connectivity index (χ0) is 30.5. The van der Waals surface area contributed by atoms with Gasteiger partial charge in [0.15, 0.2) is 5.78 Å². The number of nitrogens with one attached hydrogen (secondary N) is 3. The molecule has 2 aromatic carbocycles. The summed E-state index contributed by atoms with van der Waals surface area (Å²) in [6.07, 6.45) is 1.29. The maximum atomic E-state index is 13.5. The minimum atomic E-state index is -1.38. The summed E-state index contributed by atoms with van der Waals surface area (Å²) in [5.74, 6) is -5.99. The highest BCUT2D eigenvalue weighted by Crippen LogP contribution is 2.24. The summed E-state index contributed by atoms with van der Waals surface area (Å²) >= 11 is 0. The smallest absolute Gasteiger partial charge is 0.336 e. The van der Waals surface area contributed by atoms with Crippen molar-refractivity contribution in [1.82, 2.24) is 16.1 Å². The molecule has 11 heteroatoms. The highest BCUT2D eigenvalue weighted by Gasteiger charge is 2.34. The Hall–Kier alpha value is -4.09. The third-order valence-corrected chi connectivity index (χ3v) is 6.65. The van der Waals surface area contributed by atoms with E-state index < -0.39 is 54.0 Å². The number of aromatic carboxylic acids is 1. The normalized spacial score (nSPS) is 13.2. The van der Waals surface area contributed by atoms with E-state index in [1.807, 2.05) is 19.1 Å². The Morgan fingerprint density at radius 2 is 1.54 bits per heavy atom. The second kappa shape index (κ2) is 16.2. The monoisotopic (exact) mass is 569 g/mol. The lowest BCUT2D eigenvalue weighted by atomic mass is 9.93. The highest BCUT2D eigenvalue weighted by atomic mass is 16.5. The third kappa shape index (κ3) is 10.1. The Balaban J connectivity index is 2.21. The van der Waals surface area contributed by atoms with Crippen molar-refractivity contribution in [2.24, 2.45) is 11.8 Å². The lowest BCUT2D eigenvalue weighted by Crippen LogP contribution is -2.53. The number of benzene rings is 2. The first-order valence-corrected chi connectivity index (χ1v) is 13.6. The molecule has 3 atom stereocenters. The van der Waals surface area contributed by atoms with Crippen LogP contribution in [0.4, 0.5) is 0 Å². The Morgan fingerprint density at radius 1 is 0.878 bits per heavy atom. The Morgan fingerprint density at radius 3 is 2.10 bits per heavy atom. The zero-order valence-corrected chi connectivity index (χ0v) is 23.6. The van der Waals surface area contributed by atoms with Crippen LogP contribution < -0.4 is 16.1 Å². The van der Waals surface area contributed by atoms with Crippen LogP contribution in [0, 0.1) is 11.8 Å². The maximum Gasteiger partial charge on any atom is 0.336 e. The molecule has 0 radical (unpaired) electrons. The lowest BCUT2D eigenvalue weighted by molar-refractivity contribution is -0.144. The van der Waals surface area contributed by atoms with Crippen molar-refractivity contribution < 1.29 is 39.4 Å². The Kier molecular flexibility index (Phi) is 13.1. The summed E-state index contributed by atoms with van der Waals surface area (Å²) in [5, 5.41) is 33.6. The summed E-state index contributed by atoms with van der Waals surface area (Å²) < 4.78 is 0. The molecule has 6 N–H and O–H groups in total. The number of carbonyl (C=O) groups excluding carboxylic acids is 3. The van der Waals surface area contributed by atoms with Gasteiger partial charge in [-0.15, -0.1) is 0 Å². The molecule has 11 nitrogen and oxygen atoms in total. The number of ketones is 1. The van der Waals surface area contributed by atoms with Gasteiger partial charge in [0, 0.05) is 6.54 Å². The number of aliphatic carboxylic acids is 1. The largest absolute Gasteiger partial charge is 0.481 e. The molecule has 0 fully saturated rings. The third-order valence-electron chi connectivity index (χ3n) is 6.65. The van der Waals surface area contributed by atoms with Crippen LogP contribution in [0.3, 0.4) is 0 Å². The van der Waals surface area contributed by atoms with Gasteiger partial charge in [-0.25, -0.2) is 10.3 Å². The molecule has 0 saturated carbocycles. The molecule has 0 spiro atoms. The van der Waals surface area contributed by atoms with Crippen LogP contribution in [0.5, 0.6) is 0 Å². The molecular weight excluding hydrogens is 530 g/mol. The molecule has 2 rings (SSSR count). The molecular formula is C30H39N3O8. The van der Waals surface area contributed by atoms with Crippen LogP contribution in [0.2, 0.25) is 0 Å². The van der Waals surface area contributed by atoms with Crippen molar-refractivity contribution in [2.45, 2.75) is 71.5 Å². The minimum absolute atomic E-state index is 0.0837. The van der Waals surface area contributed by atoms with Gasteiger partial charge in [-0.1, -0.05) is 76.1 Å². The van der Waals surface area contributed by atoms with E-state index in [9.17, 15) is 34.2 Å². The number of Topliss-reactive ketones (excluding diaryl/α,β-unsaturated/α-hetero) is 1. The molecule has 3 unspecified atom stereocenters. The van der Waals surface area contributed by atoms with Gasteiger partial charge in [-0.3, -0.25) is 24.4 Å². The van der Waals surface area contributed by atoms with E-state index in [1.165, 1.54) is 11.5 Å². The van der Waals surface area contributed by atoms with E-state index in [-0.39, 0.29) is 24.4 Å². The molecule has 0 aliphatic rings. The molecule has 2 aromatic rings. The number of hydrogen-bond acceptors (Lipinski definition) is 7. The van der Waals surface area contributed by atoms with Crippen LogP contribution in [0.1, 0.15) is 68.8 Å². The van der Waals surface area contributed by atoms with Crippen molar-refractivity contribution in [2.75, 3.05) is 0 Å². The molecule has 0 bridgehead atoms. The number of amides is 2. The van der Waals surface area contributed by atoms with E-state index in [4.69, 9.17) is 5.21 Å². The maximum absolute atomic E-state index is 13.5. The first-order valence-electron chi connectivity index (χ1n) is 13.6. The van der Waals surface area contributed by atoms with Crippen molar-refractivity contribution >= 4 is 29.5 Å². The van der Waals surface area contributed by atoms with Crippen molar-refractivity contribution in [1.29, 1.82) is 0 Å². The number of unbranched alkanes of at least 4 members (excludes halogenated alkanes) is 1. The molecule has 0 aliphatic carbocycles. The highest BCUT2D eigenvalue weighted by molar-refractivity contribution is 6.03. The van der Waals surface area contributed by atoms with Gasteiger partial charge < -0.3 is 20.8 Å². The van der Waals surface area contributed by atoms with Crippen LogP contribution in [0.15, 0.2) is 48.5 Å². The van der Waals surface area contributed by atoms with Crippen molar-refractivity contribution in [3.8, 4) is 11.1 Å². The van der Waals surface area contributed by atoms with E-state index in [0.29, 0.717) is 18.4 Å². The molecule has 0 aliphatic heterocycles. The predicted octanol–water partition coefficient (Wildman–Crippen LogP) is 3.40. The van der Waals surface area contributed by atoms with Crippen LogP contribution in [-0.4, -0.2) is 57.0 Å². The van der Waals surface area contributed by atoms with Gasteiger partial charge in [0.1, 0.15) is 5.92 Å². The van der Waals surface area contributed by atoms with Gasteiger partial charge in [0.25, 0.3) is 5.91 Å². The Bertz CT molecular complexity index is 1210. The van der Waals surface area contributed by atoms with E-state index in [1.54, 1.807) is 44.2 Å². The first-order chi connectivity index (χ1) is 19.5. The minimum Gasteiger partial charge on any atom is -0.481 e. The van der Waals surface area contributed by atoms with Gasteiger partial charge >= 0.3 is 11.9 Å².